The molecule has 0 fully saturated rings. The molecule has 35 heavy (non-hydrogen) atoms. The third kappa shape index (κ3) is 7.83. The second kappa shape index (κ2) is 12.7. The third-order valence-electron chi connectivity index (χ3n) is 5.23. The van der Waals surface area contributed by atoms with Gasteiger partial charge in [-0.15, -0.1) is 0 Å². The molecule has 0 aliphatic carbocycles. The predicted octanol–water partition coefficient (Wildman–Crippen LogP) is 5.54. The number of sulfonamides is 1. The maximum atomic E-state index is 13.6. The van der Waals surface area contributed by atoms with Crippen LogP contribution < -0.4 is 14.8 Å². The van der Waals surface area contributed by atoms with Crippen molar-refractivity contribution in [1.29, 1.82) is 0 Å². The largest absolute Gasteiger partial charge is 0.494 e. The molecule has 0 radical (unpaired) electrons. The van der Waals surface area contributed by atoms with Gasteiger partial charge in [-0.05, 0) is 74.8 Å². The molecule has 3 rings (SSSR count). The van der Waals surface area contributed by atoms with E-state index in [-0.39, 0.29) is 18.9 Å². The number of benzene rings is 2. The first kappa shape index (κ1) is 18.4. The molecule has 0 aliphatic rings. The minimum Gasteiger partial charge on any atom is -0.494 e. The molecule has 0 saturated heterocycles. The molecule has 1 heterocycles. The van der Waals surface area contributed by atoms with Crippen molar-refractivity contribution in [2.75, 3.05) is 30.7 Å². The number of ketones is 1. The Hall–Kier alpha value is -2.84. The molecule has 1 aromatic heterocycles. The van der Waals surface area contributed by atoms with Crippen molar-refractivity contribution in [1.82, 2.24) is 5.32 Å². The average molecular weight is 508 g/mol. The summed E-state index contributed by atoms with van der Waals surface area (Å²) < 4.78 is 90.2. The lowest BCUT2D eigenvalue weighted by Crippen LogP contribution is -2.18. The Labute approximate surface area is 218 Å². The number of fused-ring (bicyclic) bond motifs is 1. The standard InChI is InChI=1S/C27H36N2O5S/c1-4-6-9-25-26(23-19-21(29-35(3,31)32)12-15-24(23)34-25)27(30)20-10-13-22(14-11-20)33-18-8-17-28-16-7-5-2/h10-15,19,28-29H,4-9,16-18H2,1-3H3/i2D3,5D2,7D2. The number of hydrogen-bond donors (Lipinski definition) is 2. The van der Waals surface area contributed by atoms with Gasteiger partial charge < -0.3 is 14.5 Å². The summed E-state index contributed by atoms with van der Waals surface area (Å²) in [7, 11) is -3.51. The highest BCUT2D eigenvalue weighted by atomic mass is 32.2. The van der Waals surface area contributed by atoms with Gasteiger partial charge in [-0.1, -0.05) is 26.6 Å². The SMILES string of the molecule is [2H]C([2H])([2H])C([2H])([2H])C([2H])([2H])CNCCCOc1ccc(C(=O)c2c(CCCC)oc3ccc(NS(C)(=O)=O)cc23)cc1. The molecule has 190 valence electrons. The van der Waals surface area contributed by atoms with Crippen LogP contribution in [0.4, 0.5) is 5.69 Å². The minimum absolute atomic E-state index is 0.249. The highest BCUT2D eigenvalue weighted by molar-refractivity contribution is 7.92. The van der Waals surface area contributed by atoms with E-state index in [0.29, 0.717) is 52.1 Å². The molecule has 0 unspecified atom stereocenters. The van der Waals surface area contributed by atoms with E-state index in [9.17, 15) is 13.2 Å². The summed E-state index contributed by atoms with van der Waals surface area (Å²) in [6.45, 7) is -0.999. The molecule has 0 spiro atoms. The molecule has 0 saturated carbocycles. The maximum absolute atomic E-state index is 13.6. The first-order chi connectivity index (χ1) is 19.5. The van der Waals surface area contributed by atoms with Gasteiger partial charge in [0.05, 0.1) is 18.4 Å². The number of anilines is 1. The minimum atomic E-state index is -3.51. The van der Waals surface area contributed by atoms with Gasteiger partial charge in [-0.3, -0.25) is 9.52 Å². The summed E-state index contributed by atoms with van der Waals surface area (Å²) >= 11 is 0. The second-order valence-corrected chi connectivity index (χ2v) is 9.87. The van der Waals surface area contributed by atoms with Crippen LogP contribution in [0.5, 0.6) is 5.75 Å². The van der Waals surface area contributed by atoms with Gasteiger partial charge in [0.15, 0.2) is 5.78 Å². The Kier molecular flexibility index (Phi) is 6.71. The number of hydrogen-bond acceptors (Lipinski definition) is 6. The Morgan fingerprint density at radius 3 is 2.66 bits per heavy atom. The van der Waals surface area contributed by atoms with E-state index in [1.807, 2.05) is 6.92 Å². The van der Waals surface area contributed by atoms with E-state index < -0.39 is 36.2 Å². The van der Waals surface area contributed by atoms with Crippen molar-refractivity contribution in [2.24, 2.45) is 0 Å². The number of carbonyl (C=O) groups excluding carboxylic acids is 1. The lowest BCUT2D eigenvalue weighted by Gasteiger charge is -2.08. The molecular weight excluding hydrogens is 464 g/mol. The van der Waals surface area contributed by atoms with Crippen molar-refractivity contribution in [2.45, 2.75) is 52.2 Å². The van der Waals surface area contributed by atoms with Gasteiger partial charge in [0.25, 0.3) is 0 Å². The molecular formula is C27H36N2O5S. The van der Waals surface area contributed by atoms with E-state index in [0.717, 1.165) is 19.1 Å². The monoisotopic (exact) mass is 507 g/mol. The van der Waals surface area contributed by atoms with Gasteiger partial charge >= 0.3 is 0 Å². The number of ether oxygens (including phenoxy) is 1. The van der Waals surface area contributed by atoms with Gasteiger partial charge in [-0.25, -0.2) is 8.42 Å². The molecule has 0 aliphatic heterocycles. The zero-order valence-corrected chi connectivity index (χ0v) is 20.8. The summed E-state index contributed by atoms with van der Waals surface area (Å²) in [5.41, 5.74) is 1.60. The molecule has 0 bridgehead atoms. The lowest BCUT2D eigenvalue weighted by atomic mass is 9.98. The summed E-state index contributed by atoms with van der Waals surface area (Å²) in [5, 5.41) is 3.26. The lowest BCUT2D eigenvalue weighted by molar-refractivity contribution is 0.103. The number of aryl methyl sites for hydroxylation is 1. The molecule has 0 atom stereocenters. The van der Waals surface area contributed by atoms with Crippen LogP contribution >= 0.6 is 0 Å². The summed E-state index contributed by atoms with van der Waals surface area (Å²) in [4.78, 5) is 13.6. The van der Waals surface area contributed by atoms with Crippen molar-refractivity contribution >= 4 is 32.5 Å². The Morgan fingerprint density at radius 2 is 1.94 bits per heavy atom. The van der Waals surface area contributed by atoms with E-state index in [1.165, 1.54) is 0 Å². The van der Waals surface area contributed by atoms with Gasteiger partial charge in [0.2, 0.25) is 10.0 Å². The van der Waals surface area contributed by atoms with Crippen LogP contribution in [0, 0.1) is 0 Å². The zero-order valence-electron chi connectivity index (χ0n) is 26.9. The van der Waals surface area contributed by atoms with Gasteiger partial charge in [0, 0.05) is 32.7 Å². The molecule has 2 N–H and O–H groups in total. The first-order valence-corrected chi connectivity index (χ1v) is 13.4. The topological polar surface area (TPSA) is 97.6 Å². The van der Waals surface area contributed by atoms with Crippen molar-refractivity contribution in [3.63, 3.8) is 0 Å². The number of furan rings is 1. The Bertz CT molecular complexity index is 1490. The van der Waals surface area contributed by atoms with Gasteiger partial charge in [-0.2, -0.15) is 0 Å². The van der Waals surface area contributed by atoms with Crippen LogP contribution in [0.15, 0.2) is 46.9 Å². The second-order valence-electron chi connectivity index (χ2n) is 8.12. The predicted molar refractivity (Wildman–Crippen MR) is 141 cm³/mol. The van der Waals surface area contributed by atoms with E-state index in [1.54, 1.807) is 42.5 Å². The Balaban J connectivity index is 1.64. The third-order valence-corrected chi connectivity index (χ3v) is 5.84. The molecule has 3 aromatic rings. The van der Waals surface area contributed by atoms with Crippen LogP contribution in [-0.4, -0.2) is 40.2 Å². The smallest absolute Gasteiger partial charge is 0.229 e. The first-order valence-electron chi connectivity index (χ1n) is 15.0. The fourth-order valence-corrected chi connectivity index (χ4v) is 4.17. The summed E-state index contributed by atoms with van der Waals surface area (Å²) in [5.74, 6) is 0.777. The number of carbonyl (C=O) groups is 1. The van der Waals surface area contributed by atoms with E-state index in [4.69, 9.17) is 18.7 Å². The van der Waals surface area contributed by atoms with Crippen LogP contribution in [0.1, 0.15) is 77.1 Å². The molecule has 7 nitrogen and oxygen atoms in total. The quantitative estimate of drug-likeness (QED) is 0.207. The zero-order chi connectivity index (χ0) is 31.3. The summed E-state index contributed by atoms with van der Waals surface area (Å²) in [6, 6.07) is 11.4. The van der Waals surface area contributed by atoms with Crippen LogP contribution in [0.3, 0.4) is 0 Å². The number of unbranched alkanes of at least 4 members (excludes halogenated alkanes) is 1. The highest BCUT2D eigenvalue weighted by Crippen LogP contribution is 2.32. The highest BCUT2D eigenvalue weighted by Gasteiger charge is 2.22. The van der Waals surface area contributed by atoms with Crippen molar-refractivity contribution < 1.29 is 32.0 Å². The molecule has 0 amide bonds. The fourth-order valence-electron chi connectivity index (χ4n) is 3.62. The van der Waals surface area contributed by atoms with E-state index in [2.05, 4.69) is 10.0 Å². The summed E-state index contributed by atoms with van der Waals surface area (Å²) in [6.07, 6.45) is -1.83. The van der Waals surface area contributed by atoms with Crippen LogP contribution in [0.25, 0.3) is 11.0 Å². The van der Waals surface area contributed by atoms with Crippen LogP contribution in [0.2, 0.25) is 0 Å². The number of nitrogens with one attached hydrogen (secondary N) is 2. The van der Waals surface area contributed by atoms with Crippen LogP contribution in [-0.2, 0) is 16.4 Å². The fraction of sp³-hybridized carbons (Fsp3) is 0.444. The Morgan fingerprint density at radius 1 is 1.14 bits per heavy atom. The molecule has 2 aromatic carbocycles. The maximum Gasteiger partial charge on any atom is 0.229 e. The average Bonchev–Trinajstić information content (AvgIpc) is 3.25. The van der Waals surface area contributed by atoms with E-state index >= 15 is 0 Å². The van der Waals surface area contributed by atoms with Crippen molar-refractivity contribution in [3.8, 4) is 5.75 Å². The normalized spacial score (nSPS) is 15.8. The number of rotatable bonds is 15. The van der Waals surface area contributed by atoms with Crippen molar-refractivity contribution in [3.05, 3.63) is 59.4 Å². The van der Waals surface area contributed by atoms with Gasteiger partial charge in [0.1, 0.15) is 17.1 Å². The molecule has 8 heteroatoms.